The number of benzene rings is 3. The molecule has 4 N–H and O–H groups in total. The van der Waals surface area contributed by atoms with Gasteiger partial charge in [0.15, 0.2) is 5.78 Å². The summed E-state index contributed by atoms with van der Waals surface area (Å²) in [6, 6.07) is 21.8. The molecule has 6 heteroatoms. The van der Waals surface area contributed by atoms with Gasteiger partial charge < -0.3 is 32.7 Å². The molecule has 0 radical (unpaired) electrons. The van der Waals surface area contributed by atoms with Gasteiger partial charge in [-0.15, -0.1) is 0 Å². The van der Waals surface area contributed by atoms with Crippen LogP contribution in [0.25, 0.3) is 11.1 Å². The zero-order valence-corrected chi connectivity index (χ0v) is 18.4. The van der Waals surface area contributed by atoms with Crippen LogP contribution < -0.4 is 22.5 Å². The van der Waals surface area contributed by atoms with E-state index in [4.69, 9.17) is 4.74 Å². The third kappa shape index (κ3) is 6.31. The summed E-state index contributed by atoms with van der Waals surface area (Å²) in [5.41, 5.74) is 2.87. The van der Waals surface area contributed by atoms with E-state index in [0.29, 0.717) is 24.1 Å². The van der Waals surface area contributed by atoms with Gasteiger partial charge in [-0.05, 0) is 42.3 Å². The number of phenols is 1. The minimum absolute atomic E-state index is 0. The second-order valence-electron chi connectivity index (χ2n) is 7.37. The highest BCUT2D eigenvalue weighted by Crippen LogP contribution is 2.31. The summed E-state index contributed by atoms with van der Waals surface area (Å²) in [6.45, 7) is 2.50. The summed E-state index contributed by atoms with van der Waals surface area (Å²) in [5.74, 6) is 0.778. The summed E-state index contributed by atoms with van der Waals surface area (Å²) in [7, 11) is 1.60. The quantitative estimate of drug-likeness (QED) is 0.418. The van der Waals surface area contributed by atoms with Crippen LogP contribution in [0, 0.1) is 0 Å². The Morgan fingerprint density at radius 3 is 2.32 bits per heavy atom. The number of phenolic OH excluding ortho intramolecular Hbond substituents is 1. The van der Waals surface area contributed by atoms with Gasteiger partial charge >= 0.3 is 0 Å². The maximum Gasteiger partial charge on any atom is 0.168 e. The van der Waals surface area contributed by atoms with Crippen LogP contribution in [0.5, 0.6) is 11.5 Å². The molecule has 3 rings (SSSR count). The van der Waals surface area contributed by atoms with E-state index in [-0.39, 0.29) is 30.0 Å². The van der Waals surface area contributed by atoms with E-state index in [0.717, 1.165) is 16.9 Å². The van der Waals surface area contributed by atoms with Crippen molar-refractivity contribution in [2.45, 2.75) is 25.5 Å². The van der Waals surface area contributed by atoms with Gasteiger partial charge in [-0.3, -0.25) is 4.79 Å². The number of halogens is 1. The molecule has 2 atom stereocenters. The predicted molar refractivity (Wildman–Crippen MR) is 117 cm³/mol. The Kier molecular flexibility index (Phi) is 9.06. The van der Waals surface area contributed by atoms with E-state index in [9.17, 15) is 15.0 Å². The molecule has 0 heterocycles. The van der Waals surface area contributed by atoms with Crippen LogP contribution in [-0.2, 0) is 0 Å². The number of nitrogens with two attached hydrogens (primary N) is 1. The lowest BCUT2D eigenvalue weighted by Gasteiger charge is -2.17. The highest BCUT2D eigenvalue weighted by molar-refractivity contribution is 5.97. The zero-order chi connectivity index (χ0) is 21.5. The maximum atomic E-state index is 12.5. The van der Waals surface area contributed by atoms with Gasteiger partial charge in [0.25, 0.3) is 0 Å². The number of aliphatic hydroxyl groups is 1. The summed E-state index contributed by atoms with van der Waals surface area (Å²) in [6.07, 6.45) is -0.262. The van der Waals surface area contributed by atoms with E-state index >= 15 is 0 Å². The lowest BCUT2D eigenvalue weighted by Crippen LogP contribution is -3.00. The van der Waals surface area contributed by atoms with E-state index in [2.05, 4.69) is 0 Å². The lowest BCUT2D eigenvalue weighted by molar-refractivity contribution is -0.693. The van der Waals surface area contributed by atoms with Gasteiger partial charge in [0.2, 0.25) is 0 Å². The molecule has 0 aliphatic carbocycles. The van der Waals surface area contributed by atoms with Crippen molar-refractivity contribution in [2.24, 2.45) is 0 Å². The second-order valence-corrected chi connectivity index (χ2v) is 7.37. The summed E-state index contributed by atoms with van der Waals surface area (Å²) in [4.78, 5) is 12.5. The minimum Gasteiger partial charge on any atom is -1.00 e. The molecule has 3 aromatic rings. The second kappa shape index (κ2) is 11.5. The van der Waals surface area contributed by atoms with Crippen molar-refractivity contribution in [3.05, 3.63) is 83.9 Å². The molecular weight excluding hydrogens is 414 g/mol. The van der Waals surface area contributed by atoms with Crippen LogP contribution in [0.4, 0.5) is 0 Å². The van der Waals surface area contributed by atoms with Crippen molar-refractivity contribution in [3.63, 3.8) is 0 Å². The number of rotatable bonds is 9. The molecule has 0 saturated heterocycles. The average Bonchev–Trinajstić information content (AvgIpc) is 2.79. The number of methoxy groups -OCH3 is 1. The maximum absolute atomic E-state index is 12.5. The molecule has 0 fully saturated rings. The molecule has 0 aliphatic rings. The number of Topliss-reactive ketones (excluding diaryl/α,β-unsaturated/α-hetero) is 1. The van der Waals surface area contributed by atoms with Crippen molar-refractivity contribution in [1.82, 2.24) is 0 Å². The molecule has 0 saturated carbocycles. The Hall–Kier alpha value is -2.86. The number of quaternary nitrogens is 1. The van der Waals surface area contributed by atoms with Crippen molar-refractivity contribution < 1.29 is 37.5 Å². The third-order valence-electron chi connectivity index (χ3n) is 5.27. The Labute approximate surface area is 189 Å². The molecular formula is C25H28ClNO4. The minimum atomic E-state index is -0.589. The van der Waals surface area contributed by atoms with Crippen LogP contribution in [-0.4, -0.2) is 35.7 Å². The normalized spacial score (nSPS) is 12.5. The SMILES string of the molecule is COc1ccc(-c2ccc(C(=O)CC[NH2+]C(C)C(O)c3ccccc3)cc2O)cc1.[Cl-]. The van der Waals surface area contributed by atoms with Crippen molar-refractivity contribution in [1.29, 1.82) is 0 Å². The topological polar surface area (TPSA) is 83.4 Å². The third-order valence-corrected chi connectivity index (χ3v) is 5.27. The average molecular weight is 442 g/mol. The zero-order valence-electron chi connectivity index (χ0n) is 17.7. The summed E-state index contributed by atoms with van der Waals surface area (Å²) in [5, 5.41) is 22.8. The number of hydrogen-bond donors (Lipinski definition) is 3. The monoisotopic (exact) mass is 441 g/mol. The number of hydrogen-bond acceptors (Lipinski definition) is 4. The van der Waals surface area contributed by atoms with Gasteiger partial charge in [-0.25, -0.2) is 0 Å². The Bertz CT molecular complexity index is 977. The highest BCUT2D eigenvalue weighted by atomic mass is 35.5. The fourth-order valence-corrected chi connectivity index (χ4v) is 3.42. The number of aliphatic hydroxyl groups excluding tert-OH is 1. The Morgan fingerprint density at radius 2 is 1.71 bits per heavy atom. The number of carbonyl (C=O) groups is 1. The highest BCUT2D eigenvalue weighted by Gasteiger charge is 2.19. The first-order valence-electron chi connectivity index (χ1n) is 10.1. The molecule has 3 aromatic carbocycles. The fourth-order valence-electron chi connectivity index (χ4n) is 3.42. The Balaban J connectivity index is 0.00000341. The first-order chi connectivity index (χ1) is 14.5. The predicted octanol–water partition coefficient (Wildman–Crippen LogP) is 0.330. The van der Waals surface area contributed by atoms with Gasteiger partial charge in [-0.1, -0.05) is 48.5 Å². The molecule has 2 unspecified atom stereocenters. The molecule has 0 bridgehead atoms. The number of carbonyl (C=O) groups excluding carboxylic acids is 1. The van der Waals surface area contributed by atoms with Gasteiger partial charge in [-0.2, -0.15) is 0 Å². The Morgan fingerprint density at radius 1 is 1.03 bits per heavy atom. The molecule has 0 spiro atoms. The van der Waals surface area contributed by atoms with Crippen LogP contribution in [0.2, 0.25) is 0 Å². The first-order valence-corrected chi connectivity index (χ1v) is 10.1. The number of ketones is 1. The molecule has 31 heavy (non-hydrogen) atoms. The standard InChI is InChI=1S/C25H27NO4.ClH/c1-17(25(29)19-6-4-3-5-7-19)26-15-14-23(27)20-10-13-22(24(28)16-20)18-8-11-21(30-2)12-9-18;/h3-13,16-17,25-26,28-29H,14-15H2,1-2H3;1H. The van der Waals surface area contributed by atoms with E-state index in [1.54, 1.807) is 19.2 Å². The smallest absolute Gasteiger partial charge is 0.168 e. The van der Waals surface area contributed by atoms with Crippen LogP contribution in [0.1, 0.15) is 35.4 Å². The van der Waals surface area contributed by atoms with Crippen molar-refractivity contribution in [3.8, 4) is 22.6 Å². The molecule has 164 valence electrons. The van der Waals surface area contributed by atoms with Crippen LogP contribution >= 0.6 is 0 Å². The molecule has 0 amide bonds. The van der Waals surface area contributed by atoms with Crippen molar-refractivity contribution in [2.75, 3.05) is 13.7 Å². The van der Waals surface area contributed by atoms with Crippen molar-refractivity contribution >= 4 is 5.78 Å². The first kappa shape index (κ1) is 24.4. The molecule has 5 nitrogen and oxygen atoms in total. The van der Waals surface area contributed by atoms with Crippen LogP contribution in [0.15, 0.2) is 72.8 Å². The van der Waals surface area contributed by atoms with E-state index in [1.807, 2.05) is 66.8 Å². The largest absolute Gasteiger partial charge is 1.00 e. The molecule has 0 aromatic heterocycles. The molecule has 0 aliphatic heterocycles. The van der Waals surface area contributed by atoms with Gasteiger partial charge in [0.1, 0.15) is 23.6 Å². The van der Waals surface area contributed by atoms with Gasteiger partial charge in [0, 0.05) is 11.1 Å². The van der Waals surface area contributed by atoms with E-state index in [1.165, 1.54) is 6.07 Å². The summed E-state index contributed by atoms with van der Waals surface area (Å²) >= 11 is 0. The summed E-state index contributed by atoms with van der Waals surface area (Å²) < 4.78 is 5.15. The fraction of sp³-hybridized carbons (Fsp3) is 0.240. The van der Waals surface area contributed by atoms with E-state index < -0.39 is 6.10 Å². The van der Waals surface area contributed by atoms with Crippen LogP contribution in [0.3, 0.4) is 0 Å². The number of ether oxygens (including phenoxy) is 1. The lowest BCUT2D eigenvalue weighted by atomic mass is 10.00. The van der Waals surface area contributed by atoms with Gasteiger partial charge in [0.05, 0.1) is 20.1 Å². The number of aromatic hydroxyl groups is 1.